The van der Waals surface area contributed by atoms with Gasteiger partial charge in [0, 0.05) is 11.9 Å². The van der Waals surface area contributed by atoms with Crippen LogP contribution in [0.5, 0.6) is 0 Å². The minimum atomic E-state index is -0.260. The predicted molar refractivity (Wildman–Crippen MR) is 73.9 cm³/mol. The van der Waals surface area contributed by atoms with Crippen LogP contribution >= 0.6 is 0 Å². The zero-order valence-electron chi connectivity index (χ0n) is 10.7. The second-order valence-electron chi connectivity index (χ2n) is 4.19. The minimum Gasteiger partial charge on any atom is -0.351 e. The zero-order valence-corrected chi connectivity index (χ0v) is 10.7. The molecule has 0 saturated heterocycles. The molecule has 0 atom stereocenters. The average molecular weight is 257 g/mol. The van der Waals surface area contributed by atoms with Gasteiger partial charge in [-0.3, -0.25) is 9.59 Å². The standard InChI is InChI=1S/C14H15N3O2/c1-3-8-15-13(18)9-17-14(19)12-7-5-4-6-11(12)10(2)16-17/h3-7H,1,8-9H2,2H3,(H,15,18). The highest BCUT2D eigenvalue weighted by Crippen LogP contribution is 2.11. The smallest absolute Gasteiger partial charge is 0.275 e. The van der Waals surface area contributed by atoms with Crippen LogP contribution in [-0.4, -0.2) is 22.2 Å². The molecule has 2 aromatic rings. The van der Waals surface area contributed by atoms with E-state index in [2.05, 4.69) is 17.0 Å². The number of rotatable bonds is 4. The highest BCUT2D eigenvalue weighted by Gasteiger charge is 2.09. The minimum absolute atomic E-state index is 0.0850. The summed E-state index contributed by atoms with van der Waals surface area (Å²) in [4.78, 5) is 23.8. The van der Waals surface area contributed by atoms with Crippen molar-refractivity contribution in [2.24, 2.45) is 0 Å². The Morgan fingerprint density at radius 3 is 2.79 bits per heavy atom. The number of hydrogen-bond donors (Lipinski definition) is 1. The van der Waals surface area contributed by atoms with Crippen LogP contribution in [0.1, 0.15) is 5.69 Å². The molecule has 0 radical (unpaired) electrons. The molecule has 0 saturated carbocycles. The zero-order chi connectivity index (χ0) is 13.8. The summed E-state index contributed by atoms with van der Waals surface area (Å²) in [6.07, 6.45) is 1.58. The molecule has 98 valence electrons. The van der Waals surface area contributed by atoms with E-state index in [1.54, 1.807) is 18.2 Å². The summed E-state index contributed by atoms with van der Waals surface area (Å²) in [5.74, 6) is -0.260. The van der Waals surface area contributed by atoms with Crippen molar-refractivity contribution in [1.29, 1.82) is 0 Å². The summed E-state index contributed by atoms with van der Waals surface area (Å²) in [5, 5.41) is 8.18. The molecular weight excluding hydrogens is 242 g/mol. The summed E-state index contributed by atoms with van der Waals surface area (Å²) in [5.41, 5.74) is 0.474. The summed E-state index contributed by atoms with van der Waals surface area (Å²) >= 11 is 0. The van der Waals surface area contributed by atoms with E-state index in [4.69, 9.17) is 0 Å². The molecule has 1 amide bonds. The van der Waals surface area contributed by atoms with E-state index in [1.165, 1.54) is 4.68 Å². The van der Waals surface area contributed by atoms with Crippen molar-refractivity contribution in [3.8, 4) is 0 Å². The third kappa shape index (κ3) is 2.70. The van der Waals surface area contributed by atoms with Crippen molar-refractivity contribution in [2.75, 3.05) is 6.54 Å². The first-order valence-electron chi connectivity index (χ1n) is 5.97. The lowest BCUT2D eigenvalue weighted by Crippen LogP contribution is -2.34. The maximum absolute atomic E-state index is 12.2. The van der Waals surface area contributed by atoms with Gasteiger partial charge >= 0.3 is 0 Å². The largest absolute Gasteiger partial charge is 0.351 e. The summed E-state index contributed by atoms with van der Waals surface area (Å²) < 4.78 is 1.19. The van der Waals surface area contributed by atoms with Crippen molar-refractivity contribution >= 4 is 16.7 Å². The molecule has 0 unspecified atom stereocenters. The van der Waals surface area contributed by atoms with E-state index in [-0.39, 0.29) is 18.0 Å². The van der Waals surface area contributed by atoms with E-state index in [0.717, 1.165) is 11.1 Å². The molecule has 0 bridgehead atoms. The van der Waals surface area contributed by atoms with Crippen LogP contribution in [0.3, 0.4) is 0 Å². The third-order valence-electron chi connectivity index (χ3n) is 2.79. The number of hydrogen-bond acceptors (Lipinski definition) is 3. The third-order valence-corrected chi connectivity index (χ3v) is 2.79. The summed E-state index contributed by atoms with van der Waals surface area (Å²) in [6, 6.07) is 7.24. The Kier molecular flexibility index (Phi) is 3.75. The molecule has 0 aliphatic carbocycles. The summed E-state index contributed by atoms with van der Waals surface area (Å²) in [7, 11) is 0. The number of nitrogens with one attached hydrogen (secondary N) is 1. The number of fused-ring (bicyclic) bond motifs is 1. The number of nitrogens with zero attached hydrogens (tertiary/aromatic N) is 2. The second kappa shape index (κ2) is 5.48. The van der Waals surface area contributed by atoms with Gasteiger partial charge < -0.3 is 5.32 Å². The number of aryl methyl sites for hydroxylation is 1. The van der Waals surface area contributed by atoms with Crippen LogP contribution in [0, 0.1) is 6.92 Å². The van der Waals surface area contributed by atoms with E-state index in [0.29, 0.717) is 11.9 Å². The van der Waals surface area contributed by atoms with Gasteiger partial charge in [-0.1, -0.05) is 24.3 Å². The molecule has 1 aromatic heterocycles. The topological polar surface area (TPSA) is 64.0 Å². The quantitative estimate of drug-likeness (QED) is 0.831. The Balaban J connectivity index is 2.39. The Bertz CT molecular complexity index is 689. The van der Waals surface area contributed by atoms with E-state index < -0.39 is 0 Å². The first-order valence-corrected chi connectivity index (χ1v) is 5.97. The van der Waals surface area contributed by atoms with E-state index in [9.17, 15) is 9.59 Å². The molecular formula is C14H15N3O2. The molecule has 0 aliphatic heterocycles. The lowest BCUT2D eigenvalue weighted by atomic mass is 10.1. The van der Waals surface area contributed by atoms with Crippen LogP contribution in [-0.2, 0) is 11.3 Å². The van der Waals surface area contributed by atoms with Crippen molar-refractivity contribution in [1.82, 2.24) is 15.1 Å². The van der Waals surface area contributed by atoms with Gasteiger partial charge in [0.2, 0.25) is 5.91 Å². The molecule has 0 fully saturated rings. The van der Waals surface area contributed by atoms with E-state index >= 15 is 0 Å². The van der Waals surface area contributed by atoms with Crippen molar-refractivity contribution in [2.45, 2.75) is 13.5 Å². The molecule has 19 heavy (non-hydrogen) atoms. The number of aromatic nitrogens is 2. The van der Waals surface area contributed by atoms with Crippen molar-refractivity contribution in [3.05, 3.63) is 53.0 Å². The Hall–Kier alpha value is -2.43. The van der Waals surface area contributed by atoms with E-state index in [1.807, 2.05) is 19.1 Å². The fourth-order valence-electron chi connectivity index (χ4n) is 1.89. The molecule has 1 aromatic carbocycles. The van der Waals surface area contributed by atoms with Gasteiger partial charge in [0.05, 0.1) is 11.1 Å². The number of benzene rings is 1. The Morgan fingerprint density at radius 2 is 2.11 bits per heavy atom. The van der Waals surface area contributed by atoms with Gasteiger partial charge in [0.25, 0.3) is 5.56 Å². The number of amides is 1. The fourth-order valence-corrected chi connectivity index (χ4v) is 1.89. The van der Waals surface area contributed by atoms with Crippen LogP contribution in [0.25, 0.3) is 10.8 Å². The van der Waals surface area contributed by atoms with Crippen molar-refractivity contribution in [3.63, 3.8) is 0 Å². The lowest BCUT2D eigenvalue weighted by Gasteiger charge is -2.08. The van der Waals surface area contributed by atoms with Gasteiger partial charge in [0.15, 0.2) is 0 Å². The van der Waals surface area contributed by atoms with Crippen LogP contribution in [0.15, 0.2) is 41.7 Å². The molecule has 5 heteroatoms. The normalized spacial score (nSPS) is 10.4. The first-order chi connectivity index (χ1) is 9.13. The number of carbonyl (C=O) groups excluding carboxylic acids is 1. The van der Waals surface area contributed by atoms with Crippen LogP contribution < -0.4 is 10.9 Å². The summed E-state index contributed by atoms with van der Waals surface area (Å²) in [6.45, 7) is 5.62. The fraction of sp³-hybridized carbons (Fsp3) is 0.214. The maximum Gasteiger partial charge on any atom is 0.275 e. The monoisotopic (exact) mass is 257 g/mol. The van der Waals surface area contributed by atoms with Crippen LogP contribution in [0.2, 0.25) is 0 Å². The second-order valence-corrected chi connectivity index (χ2v) is 4.19. The molecule has 2 rings (SSSR count). The van der Waals surface area contributed by atoms with Gasteiger partial charge in [-0.05, 0) is 13.0 Å². The van der Waals surface area contributed by atoms with Gasteiger partial charge in [0.1, 0.15) is 6.54 Å². The van der Waals surface area contributed by atoms with Gasteiger partial charge in [-0.25, -0.2) is 4.68 Å². The Labute approximate surface area is 110 Å². The first kappa shape index (κ1) is 13.0. The number of carbonyl (C=O) groups is 1. The molecule has 5 nitrogen and oxygen atoms in total. The molecule has 1 heterocycles. The van der Waals surface area contributed by atoms with Gasteiger partial charge in [-0.15, -0.1) is 6.58 Å². The maximum atomic E-state index is 12.2. The molecule has 1 N–H and O–H groups in total. The average Bonchev–Trinajstić information content (AvgIpc) is 2.42. The Morgan fingerprint density at radius 1 is 1.42 bits per heavy atom. The van der Waals surface area contributed by atoms with Crippen molar-refractivity contribution < 1.29 is 4.79 Å². The predicted octanol–water partition coefficient (Wildman–Crippen LogP) is 1.01. The highest BCUT2D eigenvalue weighted by atomic mass is 16.2. The highest BCUT2D eigenvalue weighted by molar-refractivity contribution is 5.83. The van der Waals surface area contributed by atoms with Crippen LogP contribution in [0.4, 0.5) is 0 Å². The molecule has 0 aliphatic rings. The lowest BCUT2D eigenvalue weighted by molar-refractivity contribution is -0.121. The van der Waals surface area contributed by atoms with Gasteiger partial charge in [-0.2, -0.15) is 5.10 Å². The molecule has 0 spiro atoms. The SMILES string of the molecule is C=CCNC(=O)Cn1nc(C)c2ccccc2c1=O.